The van der Waals surface area contributed by atoms with Crippen molar-refractivity contribution >= 4 is 16.9 Å². The molecule has 2 heterocycles. The molecule has 0 saturated heterocycles. The Morgan fingerprint density at radius 3 is 2.70 bits per heavy atom. The van der Waals surface area contributed by atoms with Crippen LogP contribution < -0.4 is 0 Å². The summed E-state index contributed by atoms with van der Waals surface area (Å²) < 4.78 is 5.03. The van der Waals surface area contributed by atoms with Crippen molar-refractivity contribution in [1.82, 2.24) is 9.97 Å². The first-order valence-corrected chi connectivity index (χ1v) is 7.72. The van der Waals surface area contributed by atoms with Gasteiger partial charge in [0.15, 0.2) is 0 Å². The lowest BCUT2D eigenvalue weighted by Crippen LogP contribution is -2.05. The number of ether oxygens (including phenoxy) is 1. The average molecular weight is 306 g/mol. The zero-order chi connectivity index (χ0) is 16.1. The monoisotopic (exact) mass is 306 g/mol. The van der Waals surface area contributed by atoms with E-state index in [1.165, 1.54) is 0 Å². The van der Waals surface area contributed by atoms with E-state index in [2.05, 4.69) is 11.1 Å². The molecular weight excluding hydrogens is 288 g/mol. The van der Waals surface area contributed by atoms with E-state index in [0.717, 1.165) is 27.7 Å². The standard InChI is InChI=1S/C19H18N2O2/c1-2-23-19(22)8-7-15-13-18(14-9-11-20-12-10-14)21-17-6-4-3-5-16(15)17/h3-6,9-13H,2,7-8H2,1H3. The van der Waals surface area contributed by atoms with Crippen molar-refractivity contribution in [2.45, 2.75) is 19.8 Å². The minimum absolute atomic E-state index is 0.168. The molecule has 4 nitrogen and oxygen atoms in total. The third-order valence-electron chi connectivity index (χ3n) is 3.68. The van der Waals surface area contributed by atoms with Crippen molar-refractivity contribution in [2.24, 2.45) is 0 Å². The number of hydrogen-bond donors (Lipinski definition) is 0. The number of carbonyl (C=O) groups excluding carboxylic acids is 1. The van der Waals surface area contributed by atoms with Crippen molar-refractivity contribution < 1.29 is 9.53 Å². The summed E-state index contributed by atoms with van der Waals surface area (Å²) in [6, 6.07) is 13.9. The van der Waals surface area contributed by atoms with E-state index in [0.29, 0.717) is 19.4 Å². The minimum atomic E-state index is -0.168. The third-order valence-corrected chi connectivity index (χ3v) is 3.68. The van der Waals surface area contributed by atoms with Gasteiger partial charge in [0.05, 0.1) is 17.8 Å². The van der Waals surface area contributed by atoms with Crippen molar-refractivity contribution in [3.63, 3.8) is 0 Å². The average Bonchev–Trinajstić information content (AvgIpc) is 2.60. The van der Waals surface area contributed by atoms with Gasteiger partial charge in [0, 0.05) is 29.8 Å². The highest BCUT2D eigenvalue weighted by Gasteiger charge is 2.10. The summed E-state index contributed by atoms with van der Waals surface area (Å²) in [5.74, 6) is -0.168. The van der Waals surface area contributed by atoms with E-state index in [1.54, 1.807) is 12.4 Å². The summed E-state index contributed by atoms with van der Waals surface area (Å²) in [7, 11) is 0. The van der Waals surface area contributed by atoms with Crippen LogP contribution in [0.2, 0.25) is 0 Å². The van der Waals surface area contributed by atoms with Gasteiger partial charge in [-0.25, -0.2) is 4.98 Å². The molecule has 0 aliphatic heterocycles. The van der Waals surface area contributed by atoms with Gasteiger partial charge in [-0.3, -0.25) is 9.78 Å². The molecule has 0 bridgehead atoms. The Kier molecular flexibility index (Phi) is 4.62. The Hall–Kier alpha value is -2.75. The third kappa shape index (κ3) is 3.54. The predicted molar refractivity (Wildman–Crippen MR) is 89.9 cm³/mol. The van der Waals surface area contributed by atoms with Gasteiger partial charge in [-0.05, 0) is 43.2 Å². The summed E-state index contributed by atoms with van der Waals surface area (Å²) >= 11 is 0. The maximum Gasteiger partial charge on any atom is 0.306 e. The first kappa shape index (κ1) is 15.2. The topological polar surface area (TPSA) is 52.1 Å². The van der Waals surface area contributed by atoms with E-state index in [1.807, 2.05) is 43.3 Å². The van der Waals surface area contributed by atoms with Crippen LogP contribution in [0.3, 0.4) is 0 Å². The van der Waals surface area contributed by atoms with Crippen LogP contribution in [0.1, 0.15) is 18.9 Å². The first-order chi connectivity index (χ1) is 11.3. The molecule has 116 valence electrons. The van der Waals surface area contributed by atoms with Crippen LogP contribution in [0.15, 0.2) is 54.9 Å². The quantitative estimate of drug-likeness (QED) is 0.673. The smallest absolute Gasteiger partial charge is 0.306 e. The molecule has 0 N–H and O–H groups in total. The summed E-state index contributed by atoms with van der Waals surface area (Å²) in [5, 5.41) is 1.08. The van der Waals surface area contributed by atoms with Gasteiger partial charge < -0.3 is 4.74 Å². The maximum atomic E-state index is 11.7. The van der Waals surface area contributed by atoms with E-state index in [4.69, 9.17) is 9.72 Å². The fraction of sp³-hybridized carbons (Fsp3) is 0.211. The largest absolute Gasteiger partial charge is 0.466 e. The summed E-state index contributed by atoms with van der Waals surface area (Å²) in [5.41, 5.74) is 3.95. The van der Waals surface area contributed by atoms with Crippen molar-refractivity contribution in [2.75, 3.05) is 6.61 Å². The van der Waals surface area contributed by atoms with Crippen molar-refractivity contribution in [3.8, 4) is 11.3 Å². The molecule has 3 rings (SSSR count). The highest BCUT2D eigenvalue weighted by Crippen LogP contribution is 2.25. The number of carbonyl (C=O) groups is 1. The lowest BCUT2D eigenvalue weighted by Gasteiger charge is -2.10. The molecule has 0 unspecified atom stereocenters. The molecule has 0 aliphatic rings. The number of rotatable bonds is 5. The van der Waals surface area contributed by atoms with E-state index < -0.39 is 0 Å². The Balaban J connectivity index is 1.99. The molecule has 4 heteroatoms. The van der Waals surface area contributed by atoms with Gasteiger partial charge >= 0.3 is 5.97 Å². The van der Waals surface area contributed by atoms with Crippen LogP contribution in [0.25, 0.3) is 22.2 Å². The number of aromatic nitrogens is 2. The maximum absolute atomic E-state index is 11.7. The van der Waals surface area contributed by atoms with Gasteiger partial charge in [0.2, 0.25) is 0 Å². The molecule has 0 radical (unpaired) electrons. The lowest BCUT2D eigenvalue weighted by molar-refractivity contribution is -0.143. The number of hydrogen-bond acceptors (Lipinski definition) is 4. The highest BCUT2D eigenvalue weighted by atomic mass is 16.5. The van der Waals surface area contributed by atoms with Crippen LogP contribution in [0.4, 0.5) is 0 Å². The highest BCUT2D eigenvalue weighted by molar-refractivity contribution is 5.85. The SMILES string of the molecule is CCOC(=O)CCc1cc(-c2ccncc2)nc2ccccc12. The first-order valence-electron chi connectivity index (χ1n) is 7.72. The second-order valence-electron chi connectivity index (χ2n) is 5.22. The number of aryl methyl sites for hydroxylation is 1. The Morgan fingerprint density at radius 1 is 1.13 bits per heavy atom. The van der Waals surface area contributed by atoms with Gasteiger partial charge in [-0.2, -0.15) is 0 Å². The molecule has 3 aromatic rings. The van der Waals surface area contributed by atoms with Gasteiger partial charge in [0.25, 0.3) is 0 Å². The minimum Gasteiger partial charge on any atom is -0.466 e. The van der Waals surface area contributed by atoms with E-state index in [-0.39, 0.29) is 5.97 Å². The number of para-hydroxylation sites is 1. The molecular formula is C19H18N2O2. The second kappa shape index (κ2) is 7.01. The number of fused-ring (bicyclic) bond motifs is 1. The molecule has 0 aliphatic carbocycles. The van der Waals surface area contributed by atoms with Gasteiger partial charge in [-0.15, -0.1) is 0 Å². The van der Waals surface area contributed by atoms with Crippen LogP contribution in [0, 0.1) is 0 Å². The van der Waals surface area contributed by atoms with E-state index in [9.17, 15) is 4.79 Å². The molecule has 2 aromatic heterocycles. The number of benzene rings is 1. The molecule has 0 spiro atoms. The fourth-order valence-corrected chi connectivity index (χ4v) is 2.59. The zero-order valence-electron chi connectivity index (χ0n) is 13.0. The molecule has 0 amide bonds. The molecule has 1 aromatic carbocycles. The summed E-state index contributed by atoms with van der Waals surface area (Å²) in [6.45, 7) is 2.24. The summed E-state index contributed by atoms with van der Waals surface area (Å²) in [4.78, 5) is 20.4. The van der Waals surface area contributed by atoms with E-state index >= 15 is 0 Å². The lowest BCUT2D eigenvalue weighted by atomic mass is 10.0. The number of pyridine rings is 2. The Bertz CT molecular complexity index is 816. The van der Waals surface area contributed by atoms with Gasteiger partial charge in [0.1, 0.15) is 0 Å². The number of esters is 1. The molecule has 0 fully saturated rings. The van der Waals surface area contributed by atoms with Gasteiger partial charge in [-0.1, -0.05) is 18.2 Å². The van der Waals surface area contributed by atoms with Crippen molar-refractivity contribution in [3.05, 3.63) is 60.4 Å². The normalized spacial score (nSPS) is 10.7. The van der Waals surface area contributed by atoms with Crippen LogP contribution in [0.5, 0.6) is 0 Å². The predicted octanol–water partition coefficient (Wildman–Crippen LogP) is 3.79. The summed E-state index contributed by atoms with van der Waals surface area (Å²) in [6.07, 6.45) is 4.52. The molecule has 0 atom stereocenters. The molecule has 23 heavy (non-hydrogen) atoms. The number of nitrogens with zero attached hydrogens (tertiary/aromatic N) is 2. The van der Waals surface area contributed by atoms with Crippen molar-refractivity contribution in [1.29, 1.82) is 0 Å². The van der Waals surface area contributed by atoms with Crippen LogP contribution in [-0.2, 0) is 16.0 Å². The van der Waals surface area contributed by atoms with Crippen LogP contribution >= 0.6 is 0 Å². The second-order valence-corrected chi connectivity index (χ2v) is 5.22. The zero-order valence-corrected chi connectivity index (χ0v) is 13.0. The van der Waals surface area contributed by atoms with Crippen LogP contribution in [-0.4, -0.2) is 22.5 Å². The fourth-order valence-electron chi connectivity index (χ4n) is 2.59. The Labute approximate surface area is 135 Å². The molecule has 0 saturated carbocycles. The Morgan fingerprint density at radius 2 is 1.91 bits per heavy atom.